The summed E-state index contributed by atoms with van der Waals surface area (Å²) in [6, 6.07) is 14.4. The number of halogens is 4. The Kier molecular flexibility index (Phi) is 8.34. The second kappa shape index (κ2) is 11.3. The maximum atomic E-state index is 12.6. The molecular weight excluding hydrogens is 595 g/mol. The molecule has 1 heterocycles. The first-order chi connectivity index (χ1) is 16.7. The maximum absolute atomic E-state index is 12.6. The van der Waals surface area contributed by atoms with Crippen molar-refractivity contribution < 1.29 is 14.3 Å². The quantitative estimate of drug-likeness (QED) is 0.285. The lowest BCUT2D eigenvalue weighted by molar-refractivity contribution is -0.115. The number of ether oxygens (including phenoxy) is 2. The van der Waals surface area contributed by atoms with Crippen molar-refractivity contribution in [2.75, 3.05) is 7.11 Å². The van der Waals surface area contributed by atoms with Gasteiger partial charge in [0.1, 0.15) is 6.61 Å². The van der Waals surface area contributed by atoms with Gasteiger partial charge in [-0.2, -0.15) is 0 Å². The van der Waals surface area contributed by atoms with Crippen molar-refractivity contribution in [2.24, 2.45) is 4.99 Å². The van der Waals surface area contributed by atoms with E-state index in [-0.39, 0.29) is 12.5 Å². The zero-order chi connectivity index (χ0) is 25.1. The molecule has 10 heteroatoms. The first-order valence-electron chi connectivity index (χ1n) is 10.2. The van der Waals surface area contributed by atoms with Gasteiger partial charge >= 0.3 is 0 Å². The molecule has 1 saturated heterocycles. The average molecular weight is 613 g/mol. The van der Waals surface area contributed by atoms with Gasteiger partial charge in [0.15, 0.2) is 16.7 Å². The molecule has 3 aromatic rings. The largest absolute Gasteiger partial charge is 0.493 e. The molecule has 0 atom stereocenters. The van der Waals surface area contributed by atoms with Crippen LogP contribution in [0, 0.1) is 6.92 Å². The van der Waals surface area contributed by atoms with E-state index in [1.807, 2.05) is 31.2 Å². The molecule has 1 aliphatic rings. The van der Waals surface area contributed by atoms with E-state index in [4.69, 9.17) is 44.3 Å². The minimum absolute atomic E-state index is 0.233. The monoisotopic (exact) mass is 610 g/mol. The fraction of sp³-hybridized carbons (Fsp3) is 0.120. The van der Waals surface area contributed by atoms with Crippen molar-refractivity contribution in [1.82, 2.24) is 5.32 Å². The number of nitrogens with one attached hydrogen (secondary N) is 1. The van der Waals surface area contributed by atoms with E-state index in [0.717, 1.165) is 16.7 Å². The van der Waals surface area contributed by atoms with Crippen molar-refractivity contribution in [2.45, 2.75) is 13.5 Å². The zero-order valence-electron chi connectivity index (χ0n) is 18.5. The van der Waals surface area contributed by atoms with Crippen LogP contribution in [0.3, 0.4) is 0 Å². The molecule has 0 aliphatic carbocycles. The summed E-state index contributed by atoms with van der Waals surface area (Å²) >= 11 is 23.1. The predicted molar refractivity (Wildman–Crippen MR) is 148 cm³/mol. The fourth-order valence-electron chi connectivity index (χ4n) is 3.21. The van der Waals surface area contributed by atoms with Crippen molar-refractivity contribution in [1.29, 1.82) is 0 Å². The molecule has 1 aliphatic heterocycles. The van der Waals surface area contributed by atoms with Crippen LogP contribution in [0.2, 0.25) is 15.1 Å². The van der Waals surface area contributed by atoms with Crippen LogP contribution in [0.5, 0.6) is 11.5 Å². The lowest BCUT2D eigenvalue weighted by atomic mass is 10.2. The number of methoxy groups -OCH3 is 1. The molecular formula is C25H18BrCl3N2O3S. The molecule has 0 saturated carbocycles. The Bertz CT molecular complexity index is 1380. The molecule has 0 unspecified atom stereocenters. The Hall–Kier alpha value is -2.16. The Labute approximate surface area is 230 Å². The Morgan fingerprint density at radius 1 is 1.09 bits per heavy atom. The summed E-state index contributed by atoms with van der Waals surface area (Å²) in [6.45, 7) is 2.15. The number of thioether (sulfide) groups is 1. The molecule has 3 aromatic carbocycles. The van der Waals surface area contributed by atoms with E-state index >= 15 is 0 Å². The molecule has 1 fully saturated rings. The Morgan fingerprint density at radius 3 is 2.63 bits per heavy atom. The van der Waals surface area contributed by atoms with Crippen LogP contribution in [0.15, 0.2) is 62.9 Å². The van der Waals surface area contributed by atoms with Gasteiger partial charge in [-0.15, -0.1) is 0 Å². The molecule has 0 spiro atoms. The van der Waals surface area contributed by atoms with Gasteiger partial charge in [0.05, 0.1) is 32.2 Å². The molecule has 0 radical (unpaired) electrons. The number of nitrogens with zero attached hydrogens (tertiary/aromatic N) is 1. The van der Waals surface area contributed by atoms with E-state index in [1.54, 1.807) is 37.5 Å². The summed E-state index contributed by atoms with van der Waals surface area (Å²) in [7, 11) is 1.56. The van der Waals surface area contributed by atoms with Gasteiger partial charge in [0.25, 0.3) is 5.91 Å². The summed E-state index contributed by atoms with van der Waals surface area (Å²) in [5.41, 5.74) is 3.17. The smallest absolute Gasteiger partial charge is 0.264 e. The van der Waals surface area contributed by atoms with Crippen molar-refractivity contribution >= 4 is 85.3 Å². The highest BCUT2D eigenvalue weighted by atomic mass is 79.9. The molecule has 180 valence electrons. The van der Waals surface area contributed by atoms with E-state index in [2.05, 4.69) is 26.2 Å². The number of carbonyl (C=O) groups is 1. The van der Waals surface area contributed by atoms with E-state index in [9.17, 15) is 4.79 Å². The van der Waals surface area contributed by atoms with Gasteiger partial charge in [0.2, 0.25) is 0 Å². The van der Waals surface area contributed by atoms with Gasteiger partial charge in [-0.25, -0.2) is 4.99 Å². The van der Waals surface area contributed by atoms with Crippen LogP contribution in [0.4, 0.5) is 5.69 Å². The van der Waals surface area contributed by atoms with Crippen LogP contribution in [0.1, 0.15) is 16.7 Å². The standard InChI is InChI=1S/C25H18BrCl3N2O3S/c1-13-17(27)4-3-5-20(13)30-25-31-24(32)22(35-25)11-15-8-16(26)23(21(10-15)33-2)34-12-14-6-7-18(28)19(29)9-14/h3-11H,12H2,1-2H3,(H,30,31,32)/b22-11+. The Balaban J connectivity index is 1.55. The highest BCUT2D eigenvalue weighted by molar-refractivity contribution is 9.10. The van der Waals surface area contributed by atoms with E-state index in [1.165, 1.54) is 11.8 Å². The minimum Gasteiger partial charge on any atom is -0.493 e. The predicted octanol–water partition coefficient (Wildman–Crippen LogP) is 8.20. The number of rotatable bonds is 6. The van der Waals surface area contributed by atoms with Crippen LogP contribution in [-0.2, 0) is 11.4 Å². The lowest BCUT2D eigenvalue weighted by Gasteiger charge is -2.14. The second-order valence-corrected chi connectivity index (χ2v) is 10.5. The van der Waals surface area contributed by atoms with E-state index < -0.39 is 0 Å². The maximum Gasteiger partial charge on any atom is 0.264 e. The van der Waals surface area contributed by atoms with Crippen LogP contribution in [-0.4, -0.2) is 18.2 Å². The van der Waals surface area contributed by atoms with E-state index in [0.29, 0.717) is 46.8 Å². The molecule has 35 heavy (non-hydrogen) atoms. The van der Waals surface area contributed by atoms with Crippen molar-refractivity contribution in [3.63, 3.8) is 0 Å². The lowest BCUT2D eigenvalue weighted by Crippen LogP contribution is -2.19. The number of hydrogen-bond acceptors (Lipinski definition) is 5. The molecule has 0 aromatic heterocycles. The molecule has 4 rings (SSSR count). The number of amidine groups is 1. The second-order valence-electron chi connectivity index (χ2n) is 7.44. The third-order valence-corrected chi connectivity index (χ3v) is 7.68. The average Bonchev–Trinajstić information content (AvgIpc) is 3.16. The first kappa shape index (κ1) is 25.9. The van der Waals surface area contributed by atoms with Gasteiger partial charge in [-0.3, -0.25) is 4.79 Å². The minimum atomic E-state index is -0.233. The number of aliphatic imine (C=N–C) groups is 1. The Morgan fingerprint density at radius 2 is 1.89 bits per heavy atom. The zero-order valence-corrected chi connectivity index (χ0v) is 23.2. The molecule has 0 bridgehead atoms. The summed E-state index contributed by atoms with van der Waals surface area (Å²) in [5, 5.41) is 4.84. The summed E-state index contributed by atoms with van der Waals surface area (Å²) in [6.07, 6.45) is 1.77. The summed E-state index contributed by atoms with van der Waals surface area (Å²) in [4.78, 5) is 17.6. The summed E-state index contributed by atoms with van der Waals surface area (Å²) < 4.78 is 12.2. The van der Waals surface area contributed by atoms with Gasteiger partial charge < -0.3 is 14.8 Å². The van der Waals surface area contributed by atoms with Crippen molar-refractivity contribution in [3.8, 4) is 11.5 Å². The SMILES string of the molecule is COc1cc(/C=C2/SC(=Nc3cccc(Cl)c3C)NC2=O)cc(Br)c1OCc1ccc(Cl)c(Cl)c1. The van der Waals surface area contributed by atoms with Gasteiger partial charge in [-0.05, 0) is 93.8 Å². The highest BCUT2D eigenvalue weighted by Gasteiger charge is 2.24. The number of amides is 1. The van der Waals surface area contributed by atoms with Gasteiger partial charge in [-0.1, -0.05) is 46.9 Å². The third-order valence-electron chi connectivity index (χ3n) is 5.03. The number of hydrogen-bond donors (Lipinski definition) is 1. The molecule has 5 nitrogen and oxygen atoms in total. The third kappa shape index (κ3) is 6.16. The first-order valence-corrected chi connectivity index (χ1v) is 13.0. The topological polar surface area (TPSA) is 59.9 Å². The molecule has 1 N–H and O–H groups in total. The van der Waals surface area contributed by atoms with Crippen LogP contribution in [0.25, 0.3) is 6.08 Å². The number of benzene rings is 3. The highest BCUT2D eigenvalue weighted by Crippen LogP contribution is 2.39. The van der Waals surface area contributed by atoms with Crippen LogP contribution >= 0.6 is 62.5 Å². The fourth-order valence-corrected chi connectivity index (χ4v) is 5.11. The summed E-state index contributed by atoms with van der Waals surface area (Å²) in [5.74, 6) is 0.810. The van der Waals surface area contributed by atoms with Gasteiger partial charge in [0, 0.05) is 5.02 Å². The normalized spacial score (nSPS) is 15.5. The van der Waals surface area contributed by atoms with Crippen molar-refractivity contribution in [3.05, 3.63) is 89.7 Å². The number of carbonyl (C=O) groups excluding carboxylic acids is 1. The molecule has 1 amide bonds. The van der Waals surface area contributed by atoms with Crippen LogP contribution < -0.4 is 14.8 Å².